The van der Waals surface area contributed by atoms with Crippen LogP contribution in [0.3, 0.4) is 0 Å². The average molecular weight is 243 g/mol. The minimum atomic E-state index is -0.567. The van der Waals surface area contributed by atoms with Crippen LogP contribution in [0.1, 0.15) is 40.5 Å². The van der Waals surface area contributed by atoms with Gasteiger partial charge < -0.3 is 14.8 Å². The smallest absolute Gasteiger partial charge is 0.408 e. The predicted octanol–water partition coefficient (Wildman–Crippen LogP) is 1.85. The van der Waals surface area contributed by atoms with Crippen molar-refractivity contribution in [2.75, 3.05) is 6.61 Å². The number of rotatable bonds is 4. The first-order chi connectivity index (χ1) is 7.83. The highest BCUT2D eigenvalue weighted by Gasteiger charge is 2.39. The van der Waals surface area contributed by atoms with E-state index in [1.165, 1.54) is 0 Å². The van der Waals surface area contributed by atoms with Crippen LogP contribution in [0.25, 0.3) is 0 Å². The quantitative estimate of drug-likeness (QED) is 0.765. The summed E-state index contributed by atoms with van der Waals surface area (Å²) >= 11 is 0. The van der Waals surface area contributed by atoms with Gasteiger partial charge in [-0.15, -0.1) is 0 Å². The molecule has 1 aliphatic carbocycles. The van der Waals surface area contributed by atoms with Gasteiger partial charge in [-0.1, -0.05) is 0 Å². The Morgan fingerprint density at radius 2 is 1.94 bits per heavy atom. The van der Waals surface area contributed by atoms with E-state index >= 15 is 0 Å². The second-order valence-corrected chi connectivity index (χ2v) is 5.21. The molecule has 0 saturated heterocycles. The van der Waals surface area contributed by atoms with Crippen LogP contribution in [0.15, 0.2) is 0 Å². The summed E-state index contributed by atoms with van der Waals surface area (Å²) in [6.07, 6.45) is 1.32. The Morgan fingerprint density at radius 1 is 1.35 bits per heavy atom. The summed E-state index contributed by atoms with van der Waals surface area (Å²) in [5.74, 6) is -0.178. The lowest BCUT2D eigenvalue weighted by molar-refractivity contribution is -0.146. The molecule has 1 saturated carbocycles. The molecule has 0 aromatic carbocycles. The predicted molar refractivity (Wildman–Crippen MR) is 62.5 cm³/mol. The van der Waals surface area contributed by atoms with Gasteiger partial charge in [0, 0.05) is 0 Å². The molecule has 0 aromatic heterocycles. The molecule has 0 radical (unpaired) electrons. The second kappa shape index (κ2) is 5.38. The number of esters is 1. The van der Waals surface area contributed by atoms with Gasteiger partial charge in [0.15, 0.2) is 0 Å². The van der Waals surface area contributed by atoms with E-state index in [1.54, 1.807) is 27.7 Å². The molecular weight excluding hydrogens is 222 g/mol. The fourth-order valence-electron chi connectivity index (χ4n) is 1.47. The van der Waals surface area contributed by atoms with Gasteiger partial charge in [0.2, 0.25) is 0 Å². The zero-order valence-electron chi connectivity index (χ0n) is 10.9. The van der Waals surface area contributed by atoms with Crippen molar-refractivity contribution in [2.45, 2.75) is 52.2 Å². The van der Waals surface area contributed by atoms with Crippen LogP contribution in [0.5, 0.6) is 0 Å². The molecular formula is C12H21NO4. The lowest BCUT2D eigenvalue weighted by Crippen LogP contribution is -2.45. The van der Waals surface area contributed by atoms with E-state index < -0.39 is 17.7 Å². The summed E-state index contributed by atoms with van der Waals surface area (Å²) in [7, 11) is 0. The molecule has 17 heavy (non-hydrogen) atoms. The monoisotopic (exact) mass is 243 g/mol. The van der Waals surface area contributed by atoms with Gasteiger partial charge in [-0.25, -0.2) is 9.59 Å². The number of nitrogens with one attached hydrogen (secondary N) is 1. The molecule has 1 amide bonds. The van der Waals surface area contributed by atoms with Crippen molar-refractivity contribution in [1.82, 2.24) is 5.32 Å². The molecule has 1 N–H and O–H groups in total. The highest BCUT2D eigenvalue weighted by atomic mass is 16.6. The lowest BCUT2D eigenvalue weighted by Gasteiger charge is -2.22. The Bertz CT molecular complexity index is 291. The molecule has 0 aromatic rings. The van der Waals surface area contributed by atoms with Gasteiger partial charge in [-0.2, -0.15) is 0 Å². The molecule has 5 heteroatoms. The zero-order chi connectivity index (χ0) is 13.1. The molecule has 1 fully saturated rings. The Morgan fingerprint density at radius 3 is 2.35 bits per heavy atom. The first-order valence-electron chi connectivity index (χ1n) is 5.99. The van der Waals surface area contributed by atoms with Gasteiger partial charge in [-0.3, -0.25) is 0 Å². The van der Waals surface area contributed by atoms with Gasteiger partial charge in [0.05, 0.1) is 6.61 Å². The van der Waals surface area contributed by atoms with Crippen molar-refractivity contribution < 1.29 is 19.1 Å². The van der Waals surface area contributed by atoms with E-state index in [4.69, 9.17) is 9.47 Å². The summed E-state index contributed by atoms with van der Waals surface area (Å²) in [6, 6.07) is -0.565. The number of hydrogen-bond donors (Lipinski definition) is 1. The second-order valence-electron chi connectivity index (χ2n) is 5.21. The third-order valence-electron chi connectivity index (χ3n) is 2.31. The Balaban J connectivity index is 2.49. The standard InChI is InChI=1S/C12H21NO4/c1-5-16-10(14)9(8-6-7-8)13-11(15)17-12(2,3)4/h8-9H,5-7H2,1-4H3,(H,13,15)/t9-/m0/s1. The van der Waals surface area contributed by atoms with Crippen LogP contribution in [0.2, 0.25) is 0 Å². The van der Waals surface area contributed by atoms with Crippen molar-refractivity contribution in [1.29, 1.82) is 0 Å². The number of carbonyl (C=O) groups excluding carboxylic acids is 2. The molecule has 0 heterocycles. The highest BCUT2D eigenvalue weighted by molar-refractivity contribution is 5.82. The molecule has 98 valence electrons. The Hall–Kier alpha value is -1.26. The van der Waals surface area contributed by atoms with Gasteiger partial charge >= 0.3 is 12.1 Å². The maximum atomic E-state index is 11.6. The summed E-state index contributed by atoms with van der Waals surface area (Å²) in [6.45, 7) is 7.41. The summed E-state index contributed by atoms with van der Waals surface area (Å²) in [4.78, 5) is 23.2. The first kappa shape index (κ1) is 13.8. The molecule has 0 aliphatic heterocycles. The topological polar surface area (TPSA) is 64.6 Å². The summed E-state index contributed by atoms with van der Waals surface area (Å²) < 4.78 is 10.0. The van der Waals surface area contributed by atoms with Crippen LogP contribution < -0.4 is 5.32 Å². The normalized spacial score (nSPS) is 17.2. The van der Waals surface area contributed by atoms with Gasteiger partial charge in [0.1, 0.15) is 11.6 Å². The molecule has 0 spiro atoms. The third-order valence-corrected chi connectivity index (χ3v) is 2.31. The van der Waals surface area contributed by atoms with Crippen molar-refractivity contribution in [3.05, 3.63) is 0 Å². The number of ether oxygens (including phenoxy) is 2. The first-order valence-corrected chi connectivity index (χ1v) is 5.99. The zero-order valence-corrected chi connectivity index (χ0v) is 10.9. The van der Waals surface area contributed by atoms with Gasteiger partial charge in [0.25, 0.3) is 0 Å². The molecule has 1 aliphatic rings. The van der Waals surface area contributed by atoms with Crippen molar-refractivity contribution >= 4 is 12.1 Å². The Labute approximate surface area is 102 Å². The molecule has 0 bridgehead atoms. The van der Waals surface area contributed by atoms with Crippen LogP contribution in [-0.4, -0.2) is 30.3 Å². The van der Waals surface area contributed by atoms with Gasteiger partial charge in [-0.05, 0) is 46.5 Å². The Kier molecular flexibility index (Phi) is 4.37. The lowest BCUT2D eigenvalue weighted by atomic mass is 10.2. The average Bonchev–Trinajstić information content (AvgIpc) is 2.94. The van der Waals surface area contributed by atoms with Crippen LogP contribution >= 0.6 is 0 Å². The highest BCUT2D eigenvalue weighted by Crippen LogP contribution is 2.33. The minimum Gasteiger partial charge on any atom is -0.464 e. The molecule has 1 atom stereocenters. The van der Waals surface area contributed by atoms with E-state index in [9.17, 15) is 9.59 Å². The maximum absolute atomic E-state index is 11.6. The fraction of sp³-hybridized carbons (Fsp3) is 0.833. The summed E-state index contributed by atoms with van der Waals surface area (Å²) in [5.41, 5.74) is -0.563. The number of amides is 1. The number of carbonyl (C=O) groups is 2. The summed E-state index contributed by atoms with van der Waals surface area (Å²) in [5, 5.41) is 2.58. The van der Waals surface area contributed by atoms with E-state index in [0.29, 0.717) is 6.61 Å². The van der Waals surface area contributed by atoms with E-state index in [2.05, 4.69) is 5.32 Å². The van der Waals surface area contributed by atoms with Crippen molar-refractivity contribution in [2.24, 2.45) is 5.92 Å². The van der Waals surface area contributed by atoms with Crippen molar-refractivity contribution in [3.63, 3.8) is 0 Å². The molecule has 1 rings (SSSR count). The maximum Gasteiger partial charge on any atom is 0.408 e. The van der Waals surface area contributed by atoms with Crippen LogP contribution in [0, 0.1) is 5.92 Å². The van der Waals surface area contributed by atoms with Crippen LogP contribution in [-0.2, 0) is 14.3 Å². The van der Waals surface area contributed by atoms with E-state index in [-0.39, 0.29) is 11.9 Å². The molecule has 5 nitrogen and oxygen atoms in total. The largest absolute Gasteiger partial charge is 0.464 e. The van der Waals surface area contributed by atoms with Crippen molar-refractivity contribution in [3.8, 4) is 0 Å². The number of hydrogen-bond acceptors (Lipinski definition) is 4. The van der Waals surface area contributed by atoms with Crippen LogP contribution in [0.4, 0.5) is 4.79 Å². The third kappa shape index (κ3) is 5.06. The molecule has 0 unspecified atom stereocenters. The van der Waals surface area contributed by atoms with E-state index in [1.807, 2.05) is 0 Å². The fourth-order valence-corrected chi connectivity index (χ4v) is 1.47. The number of alkyl carbamates (subject to hydrolysis) is 1. The van der Waals surface area contributed by atoms with E-state index in [0.717, 1.165) is 12.8 Å². The SMILES string of the molecule is CCOC(=O)[C@@H](NC(=O)OC(C)(C)C)C1CC1. The minimum absolute atomic E-state index is 0.196.